The van der Waals surface area contributed by atoms with E-state index in [1.807, 2.05) is 6.07 Å². The molecule has 84 valence electrons. The molecular weight excluding hydrogens is 226 g/mol. The molecule has 16 heavy (non-hydrogen) atoms. The first-order valence-electron chi connectivity index (χ1n) is 4.62. The van der Waals surface area contributed by atoms with Crippen molar-refractivity contribution in [2.24, 2.45) is 0 Å². The van der Waals surface area contributed by atoms with Gasteiger partial charge in [0.25, 0.3) is 0 Å². The van der Waals surface area contributed by atoms with Crippen molar-refractivity contribution < 1.29 is 14.3 Å². The maximum Gasteiger partial charge on any atom is 0.341 e. The van der Waals surface area contributed by atoms with Crippen LogP contribution in [0, 0.1) is 11.3 Å². The molecule has 0 bridgehead atoms. The Balaban J connectivity index is 3.24. The molecule has 0 saturated carbocycles. The third kappa shape index (κ3) is 2.47. The predicted octanol–water partition coefficient (Wildman–Crippen LogP) is 2.03. The van der Waals surface area contributed by atoms with Gasteiger partial charge in [-0.15, -0.1) is 12.6 Å². The quantitative estimate of drug-likeness (QED) is 0.645. The summed E-state index contributed by atoms with van der Waals surface area (Å²) in [6.45, 7) is 2.00. The SMILES string of the molecule is CCOC(=O)c1cc(S)c(C#N)cc1OC. The third-order valence-corrected chi connectivity index (χ3v) is 2.30. The smallest absolute Gasteiger partial charge is 0.341 e. The summed E-state index contributed by atoms with van der Waals surface area (Å²) < 4.78 is 9.89. The van der Waals surface area contributed by atoms with E-state index < -0.39 is 5.97 Å². The molecule has 0 radical (unpaired) electrons. The number of nitrogens with zero attached hydrogens (tertiary/aromatic N) is 1. The van der Waals surface area contributed by atoms with E-state index in [-0.39, 0.29) is 12.2 Å². The van der Waals surface area contributed by atoms with Gasteiger partial charge in [-0.05, 0) is 19.1 Å². The van der Waals surface area contributed by atoms with Gasteiger partial charge in [-0.25, -0.2) is 4.79 Å². The number of methoxy groups -OCH3 is 1. The van der Waals surface area contributed by atoms with E-state index in [1.54, 1.807) is 6.92 Å². The summed E-state index contributed by atoms with van der Waals surface area (Å²) in [6, 6.07) is 4.90. The molecule has 1 aromatic carbocycles. The molecule has 0 aliphatic carbocycles. The van der Waals surface area contributed by atoms with Crippen LogP contribution < -0.4 is 4.74 Å². The summed E-state index contributed by atoms with van der Waals surface area (Å²) >= 11 is 4.11. The number of thiol groups is 1. The number of hydrogen-bond acceptors (Lipinski definition) is 5. The standard InChI is InChI=1S/C11H11NO3S/c1-3-15-11(13)8-5-10(16)7(6-12)4-9(8)14-2/h4-5,16H,3H2,1-2H3. The van der Waals surface area contributed by atoms with Gasteiger partial charge in [0.2, 0.25) is 0 Å². The molecular formula is C11H11NO3S. The van der Waals surface area contributed by atoms with Crippen molar-refractivity contribution in [3.8, 4) is 11.8 Å². The number of ether oxygens (including phenoxy) is 2. The molecule has 0 unspecified atom stereocenters. The second-order valence-corrected chi connectivity index (χ2v) is 3.38. The molecule has 0 fully saturated rings. The summed E-state index contributed by atoms with van der Waals surface area (Å²) in [6.07, 6.45) is 0. The first-order valence-corrected chi connectivity index (χ1v) is 5.07. The van der Waals surface area contributed by atoms with Crippen LogP contribution in [0.2, 0.25) is 0 Å². The normalized spacial score (nSPS) is 9.38. The Kier molecular flexibility index (Phi) is 4.20. The molecule has 0 saturated heterocycles. The molecule has 0 amide bonds. The summed E-state index contributed by atoms with van der Waals surface area (Å²) in [4.78, 5) is 12.0. The summed E-state index contributed by atoms with van der Waals surface area (Å²) in [5, 5.41) is 8.80. The molecule has 0 atom stereocenters. The Labute approximate surface area is 99.2 Å². The van der Waals surface area contributed by atoms with E-state index in [1.165, 1.54) is 19.2 Å². The lowest BCUT2D eigenvalue weighted by Gasteiger charge is -2.09. The van der Waals surface area contributed by atoms with Crippen molar-refractivity contribution in [2.75, 3.05) is 13.7 Å². The van der Waals surface area contributed by atoms with E-state index in [9.17, 15) is 4.79 Å². The van der Waals surface area contributed by atoms with Crippen LogP contribution in [0.5, 0.6) is 5.75 Å². The number of carbonyl (C=O) groups excluding carboxylic acids is 1. The molecule has 0 aromatic heterocycles. The van der Waals surface area contributed by atoms with Crippen LogP contribution in [-0.4, -0.2) is 19.7 Å². The first kappa shape index (κ1) is 12.4. The number of nitriles is 1. The van der Waals surface area contributed by atoms with Crippen LogP contribution in [0.15, 0.2) is 17.0 Å². The molecule has 4 nitrogen and oxygen atoms in total. The largest absolute Gasteiger partial charge is 0.496 e. The van der Waals surface area contributed by atoms with Crippen LogP contribution >= 0.6 is 12.6 Å². The zero-order valence-corrected chi connectivity index (χ0v) is 9.88. The van der Waals surface area contributed by atoms with Crippen molar-refractivity contribution in [2.45, 2.75) is 11.8 Å². The van der Waals surface area contributed by atoms with Crippen molar-refractivity contribution in [1.29, 1.82) is 5.26 Å². The first-order chi connectivity index (χ1) is 7.63. The lowest BCUT2D eigenvalue weighted by Crippen LogP contribution is -2.07. The van der Waals surface area contributed by atoms with Crippen LogP contribution in [0.25, 0.3) is 0 Å². The summed E-state index contributed by atoms with van der Waals surface area (Å²) in [7, 11) is 1.43. The van der Waals surface area contributed by atoms with Crippen molar-refractivity contribution in [1.82, 2.24) is 0 Å². The fourth-order valence-corrected chi connectivity index (χ4v) is 1.44. The third-order valence-electron chi connectivity index (χ3n) is 1.93. The minimum Gasteiger partial charge on any atom is -0.496 e. The van der Waals surface area contributed by atoms with Crippen molar-refractivity contribution in [3.63, 3.8) is 0 Å². The Hall–Kier alpha value is -1.67. The van der Waals surface area contributed by atoms with Gasteiger partial charge in [0.1, 0.15) is 17.4 Å². The topological polar surface area (TPSA) is 59.3 Å². The second-order valence-electron chi connectivity index (χ2n) is 2.90. The Morgan fingerprint density at radius 2 is 2.25 bits per heavy atom. The van der Waals surface area contributed by atoms with Gasteiger partial charge < -0.3 is 9.47 Å². The monoisotopic (exact) mass is 237 g/mol. The van der Waals surface area contributed by atoms with Crippen LogP contribution in [0.1, 0.15) is 22.8 Å². The zero-order valence-electron chi connectivity index (χ0n) is 8.98. The number of hydrogen-bond donors (Lipinski definition) is 1. The highest BCUT2D eigenvalue weighted by atomic mass is 32.1. The van der Waals surface area contributed by atoms with Gasteiger partial charge in [-0.1, -0.05) is 0 Å². The highest BCUT2D eigenvalue weighted by Crippen LogP contribution is 2.26. The average molecular weight is 237 g/mol. The Bertz CT molecular complexity index is 451. The molecule has 0 heterocycles. The second kappa shape index (κ2) is 5.42. The van der Waals surface area contributed by atoms with Crippen LogP contribution in [0.4, 0.5) is 0 Å². The van der Waals surface area contributed by atoms with Gasteiger partial charge in [0.15, 0.2) is 0 Å². The average Bonchev–Trinajstić information content (AvgIpc) is 2.29. The van der Waals surface area contributed by atoms with Gasteiger partial charge in [-0.2, -0.15) is 5.26 Å². The number of rotatable bonds is 3. The van der Waals surface area contributed by atoms with E-state index in [0.717, 1.165) is 0 Å². The highest BCUT2D eigenvalue weighted by molar-refractivity contribution is 7.80. The summed E-state index contributed by atoms with van der Waals surface area (Å²) in [5.41, 5.74) is 0.626. The fourth-order valence-electron chi connectivity index (χ4n) is 1.20. The Morgan fingerprint density at radius 1 is 1.56 bits per heavy atom. The highest BCUT2D eigenvalue weighted by Gasteiger charge is 2.16. The lowest BCUT2D eigenvalue weighted by atomic mass is 10.1. The molecule has 1 rings (SSSR count). The van der Waals surface area contributed by atoms with E-state index in [4.69, 9.17) is 14.7 Å². The predicted molar refractivity (Wildman–Crippen MR) is 60.9 cm³/mol. The molecule has 1 aromatic rings. The number of esters is 1. The molecule has 5 heteroatoms. The molecule has 0 N–H and O–H groups in total. The van der Waals surface area contributed by atoms with Crippen LogP contribution in [-0.2, 0) is 4.74 Å². The molecule has 0 aliphatic rings. The van der Waals surface area contributed by atoms with Gasteiger partial charge in [-0.3, -0.25) is 0 Å². The minimum absolute atomic E-state index is 0.272. The van der Waals surface area contributed by atoms with Gasteiger partial charge >= 0.3 is 5.97 Å². The Morgan fingerprint density at radius 3 is 2.75 bits per heavy atom. The number of carbonyl (C=O) groups is 1. The zero-order chi connectivity index (χ0) is 12.1. The van der Waals surface area contributed by atoms with E-state index in [0.29, 0.717) is 16.2 Å². The number of benzene rings is 1. The molecule has 0 spiro atoms. The van der Waals surface area contributed by atoms with Crippen LogP contribution in [0.3, 0.4) is 0 Å². The van der Waals surface area contributed by atoms with Crippen molar-refractivity contribution in [3.05, 3.63) is 23.3 Å². The minimum atomic E-state index is -0.487. The maximum absolute atomic E-state index is 11.6. The summed E-state index contributed by atoms with van der Waals surface area (Å²) in [5.74, 6) is -0.174. The lowest BCUT2D eigenvalue weighted by molar-refractivity contribution is 0.0522. The van der Waals surface area contributed by atoms with E-state index >= 15 is 0 Å². The maximum atomic E-state index is 11.6. The fraction of sp³-hybridized carbons (Fsp3) is 0.273. The van der Waals surface area contributed by atoms with E-state index in [2.05, 4.69) is 12.6 Å². The van der Waals surface area contributed by atoms with Gasteiger partial charge in [0.05, 0.1) is 19.3 Å². The molecule has 0 aliphatic heterocycles. The van der Waals surface area contributed by atoms with Crippen molar-refractivity contribution >= 4 is 18.6 Å². The van der Waals surface area contributed by atoms with Gasteiger partial charge in [0, 0.05) is 4.90 Å².